The van der Waals surface area contributed by atoms with E-state index < -0.39 is 34.3 Å². The topological polar surface area (TPSA) is 0 Å². The van der Waals surface area contributed by atoms with E-state index in [-0.39, 0.29) is 22.6 Å². The molecular weight excluding hydrogens is 408 g/mol. The molecule has 0 spiro atoms. The van der Waals surface area contributed by atoms with Gasteiger partial charge < -0.3 is 0 Å². The van der Waals surface area contributed by atoms with Gasteiger partial charge in [-0.1, -0.05) is 0 Å². The summed E-state index contributed by atoms with van der Waals surface area (Å²) in [5, 5.41) is 0. The first-order valence-corrected chi connectivity index (χ1v) is 4.97. The molecule has 0 amide bonds. The van der Waals surface area contributed by atoms with Gasteiger partial charge >= 0.3 is 23.9 Å². The molecule has 0 aromatic rings. The molecule has 0 fully saturated rings. The first-order chi connectivity index (χ1) is 7.60. The van der Waals surface area contributed by atoms with Gasteiger partial charge in [-0.2, -0.15) is 39.5 Å². The Bertz CT molecular complexity index is 292. The maximum absolute atomic E-state index is 12.5. The molecule has 0 aromatic carbocycles. The molecule has 0 saturated carbocycles. The van der Waals surface area contributed by atoms with Crippen molar-refractivity contribution in [2.24, 2.45) is 0 Å². The van der Waals surface area contributed by atoms with Gasteiger partial charge in [0.1, 0.15) is 0 Å². The largest absolute Gasteiger partial charge is 0.460 e. The number of hydrogen-bond donors (Lipinski definition) is 0. The van der Waals surface area contributed by atoms with Gasteiger partial charge in [-0.3, -0.25) is 0 Å². The third-order valence-corrected chi connectivity index (χ3v) is 2.37. The molecule has 2 atom stereocenters. The zero-order valence-electron chi connectivity index (χ0n) is 7.69. The van der Waals surface area contributed by atoms with Crippen LogP contribution in [-0.2, 0) is 0 Å². The Labute approximate surface area is 106 Å². The van der Waals surface area contributed by atoms with Crippen LogP contribution in [0.2, 0.25) is 0 Å². The van der Waals surface area contributed by atoms with E-state index in [2.05, 4.69) is 0 Å². The molecule has 0 N–H and O–H groups in total. The molecule has 0 saturated heterocycles. The summed E-state index contributed by atoms with van der Waals surface area (Å²) >= 11 is 0.202. The minimum absolute atomic E-state index is 0.202. The standard InChI is InChI=1S/C6H2F11I/c7-1(2(8)18)3(9,10)4(11,12)5(13,14)6(15,16)17/h1-2H. The Morgan fingerprint density at radius 3 is 1.22 bits per heavy atom. The van der Waals surface area contributed by atoms with Crippen LogP contribution in [0.4, 0.5) is 48.3 Å². The number of hydrogen-bond acceptors (Lipinski definition) is 0. The van der Waals surface area contributed by atoms with Crippen LogP contribution in [0.25, 0.3) is 0 Å². The van der Waals surface area contributed by atoms with E-state index in [0.29, 0.717) is 0 Å². The Morgan fingerprint density at radius 2 is 1.00 bits per heavy atom. The highest BCUT2D eigenvalue weighted by Crippen LogP contribution is 2.55. The van der Waals surface area contributed by atoms with Gasteiger partial charge in [0.05, 0.1) is 0 Å². The van der Waals surface area contributed by atoms with Crippen LogP contribution in [0, 0.1) is 0 Å². The zero-order chi connectivity index (χ0) is 15.2. The van der Waals surface area contributed by atoms with Crippen LogP contribution >= 0.6 is 22.6 Å². The first kappa shape index (κ1) is 18.0. The summed E-state index contributed by atoms with van der Waals surface area (Å²) < 4.78 is 130. The maximum atomic E-state index is 12.5. The van der Waals surface area contributed by atoms with Crippen LogP contribution in [-0.4, -0.2) is 34.3 Å². The molecule has 0 aliphatic rings. The molecule has 0 rings (SSSR count). The molecule has 0 bridgehead atoms. The second kappa shape index (κ2) is 4.81. The van der Waals surface area contributed by atoms with E-state index in [1.54, 1.807) is 0 Å². The average molecular weight is 410 g/mol. The monoisotopic (exact) mass is 410 g/mol. The highest BCUT2D eigenvalue weighted by Gasteiger charge is 2.83. The highest BCUT2D eigenvalue weighted by molar-refractivity contribution is 14.1. The molecule has 0 nitrogen and oxygen atoms in total. The lowest BCUT2D eigenvalue weighted by molar-refractivity contribution is -0.403. The summed E-state index contributed by atoms with van der Waals surface area (Å²) in [5.74, 6) is -20.9. The predicted octanol–water partition coefficient (Wildman–Crippen LogP) is 4.52. The Kier molecular flexibility index (Phi) is 4.80. The van der Waals surface area contributed by atoms with Gasteiger partial charge in [0.15, 0.2) is 4.18 Å². The second-order valence-electron chi connectivity index (χ2n) is 3.01. The normalized spacial score (nSPS) is 18.7. The van der Waals surface area contributed by atoms with Crippen molar-refractivity contribution in [2.75, 3.05) is 0 Å². The lowest BCUT2D eigenvalue weighted by atomic mass is 10.0. The summed E-state index contributed by atoms with van der Waals surface area (Å²) in [4.78, 5) is 0. The fourth-order valence-electron chi connectivity index (χ4n) is 0.719. The predicted molar refractivity (Wildman–Crippen MR) is 44.7 cm³/mol. The fraction of sp³-hybridized carbons (Fsp3) is 1.00. The van der Waals surface area contributed by atoms with Crippen LogP contribution in [0.5, 0.6) is 0 Å². The van der Waals surface area contributed by atoms with Crippen molar-refractivity contribution in [3.63, 3.8) is 0 Å². The third kappa shape index (κ3) is 2.61. The zero-order valence-corrected chi connectivity index (χ0v) is 9.85. The van der Waals surface area contributed by atoms with Crippen LogP contribution in [0.1, 0.15) is 0 Å². The number of halogens is 12. The van der Waals surface area contributed by atoms with Crippen LogP contribution < -0.4 is 0 Å². The first-order valence-electron chi connectivity index (χ1n) is 3.73. The summed E-state index contributed by atoms with van der Waals surface area (Å²) in [5.41, 5.74) is 0. The number of alkyl halides is 12. The number of rotatable bonds is 4. The Morgan fingerprint density at radius 1 is 0.667 bits per heavy atom. The molecular formula is C6H2F11I. The molecule has 0 heterocycles. The van der Waals surface area contributed by atoms with Crippen molar-refractivity contribution in [3.8, 4) is 0 Å². The summed E-state index contributed by atoms with van der Waals surface area (Å²) in [7, 11) is 0. The van der Waals surface area contributed by atoms with Crippen molar-refractivity contribution in [3.05, 3.63) is 0 Å². The highest BCUT2D eigenvalue weighted by atomic mass is 127. The van der Waals surface area contributed by atoms with Gasteiger partial charge in [-0.15, -0.1) is 0 Å². The molecule has 110 valence electrons. The van der Waals surface area contributed by atoms with Crippen molar-refractivity contribution in [1.29, 1.82) is 0 Å². The summed E-state index contributed by atoms with van der Waals surface area (Å²) in [6.45, 7) is 0. The van der Waals surface area contributed by atoms with E-state index in [1.807, 2.05) is 0 Å². The van der Waals surface area contributed by atoms with Crippen molar-refractivity contribution in [2.45, 2.75) is 34.3 Å². The molecule has 0 aliphatic carbocycles. The molecule has 0 aromatic heterocycles. The minimum Gasteiger partial charge on any atom is -0.236 e. The summed E-state index contributed by atoms with van der Waals surface area (Å²) in [6.07, 6.45) is -11.6. The second-order valence-corrected chi connectivity index (χ2v) is 4.20. The molecule has 12 heteroatoms. The van der Waals surface area contributed by atoms with E-state index in [0.717, 1.165) is 0 Å². The minimum atomic E-state index is -7.21. The van der Waals surface area contributed by atoms with Gasteiger partial charge in [0, 0.05) is 0 Å². The van der Waals surface area contributed by atoms with Crippen molar-refractivity contribution >= 4 is 22.6 Å². The van der Waals surface area contributed by atoms with Crippen LogP contribution in [0.15, 0.2) is 0 Å². The molecule has 18 heavy (non-hydrogen) atoms. The van der Waals surface area contributed by atoms with E-state index in [9.17, 15) is 48.3 Å². The Hall–Kier alpha value is -0.0400. The lowest BCUT2D eigenvalue weighted by Crippen LogP contribution is -2.64. The third-order valence-electron chi connectivity index (χ3n) is 1.74. The van der Waals surface area contributed by atoms with E-state index in [1.165, 1.54) is 0 Å². The van der Waals surface area contributed by atoms with Gasteiger partial charge in [-0.05, 0) is 22.6 Å². The maximum Gasteiger partial charge on any atom is 0.460 e. The van der Waals surface area contributed by atoms with Crippen molar-refractivity contribution in [1.82, 2.24) is 0 Å². The van der Waals surface area contributed by atoms with Crippen molar-refractivity contribution < 1.29 is 48.3 Å². The average Bonchev–Trinajstić information content (AvgIpc) is 2.13. The quantitative estimate of drug-likeness (QED) is 0.363. The smallest absolute Gasteiger partial charge is 0.236 e. The van der Waals surface area contributed by atoms with E-state index >= 15 is 0 Å². The van der Waals surface area contributed by atoms with Gasteiger partial charge in [0.25, 0.3) is 0 Å². The van der Waals surface area contributed by atoms with E-state index in [4.69, 9.17) is 0 Å². The SMILES string of the molecule is FC(I)C(F)C(F)(F)C(F)(F)C(F)(F)C(F)(F)F. The van der Waals surface area contributed by atoms with Gasteiger partial charge in [-0.25, -0.2) is 8.78 Å². The van der Waals surface area contributed by atoms with Crippen LogP contribution in [0.3, 0.4) is 0 Å². The molecule has 0 radical (unpaired) electrons. The van der Waals surface area contributed by atoms with Gasteiger partial charge in [0.2, 0.25) is 6.17 Å². The molecule has 0 aliphatic heterocycles. The lowest BCUT2D eigenvalue weighted by Gasteiger charge is -2.35. The summed E-state index contributed by atoms with van der Waals surface area (Å²) in [6, 6.07) is 0. The fourth-order valence-corrected chi connectivity index (χ4v) is 1.17. The Balaban J connectivity index is 5.64. The molecule has 2 unspecified atom stereocenters.